The van der Waals surface area contributed by atoms with Crippen LogP contribution in [0.25, 0.3) is 0 Å². The lowest BCUT2D eigenvalue weighted by molar-refractivity contribution is -0.148. The Morgan fingerprint density at radius 3 is 2.56 bits per heavy atom. The van der Waals surface area contributed by atoms with E-state index in [0.717, 1.165) is 15.8 Å². The molecule has 18 heavy (non-hydrogen) atoms. The smallest absolute Gasteiger partial charge is 0.312 e. The van der Waals surface area contributed by atoms with Crippen LogP contribution in [0.1, 0.15) is 39.2 Å². The van der Waals surface area contributed by atoms with E-state index in [-0.39, 0.29) is 6.61 Å². The zero-order valence-corrected chi connectivity index (χ0v) is 12.7. The Bertz CT molecular complexity index is 439. The number of halogens is 1. The highest BCUT2D eigenvalue weighted by molar-refractivity contribution is 9.10. The third kappa shape index (κ3) is 3.73. The maximum absolute atomic E-state index is 11.0. The van der Waals surface area contributed by atoms with Gasteiger partial charge in [0.15, 0.2) is 0 Å². The average molecular weight is 315 g/mol. The van der Waals surface area contributed by atoms with E-state index < -0.39 is 11.4 Å². The Balaban J connectivity index is 2.88. The summed E-state index contributed by atoms with van der Waals surface area (Å²) < 4.78 is 6.67. The molecule has 3 nitrogen and oxygen atoms in total. The highest BCUT2D eigenvalue weighted by atomic mass is 79.9. The number of aliphatic carboxylic acids is 1. The molecule has 1 rings (SSSR count). The van der Waals surface area contributed by atoms with E-state index in [1.54, 1.807) is 13.8 Å². The summed E-state index contributed by atoms with van der Waals surface area (Å²) in [6, 6.07) is 5.78. The number of rotatable bonds is 5. The van der Waals surface area contributed by atoms with Gasteiger partial charge in [0.1, 0.15) is 12.4 Å². The van der Waals surface area contributed by atoms with Gasteiger partial charge in [0.25, 0.3) is 0 Å². The van der Waals surface area contributed by atoms with Crippen molar-refractivity contribution in [2.75, 3.05) is 6.61 Å². The molecular formula is C14H19BrO3. The lowest BCUT2D eigenvalue weighted by Crippen LogP contribution is -2.30. The fourth-order valence-corrected chi connectivity index (χ4v) is 1.80. The largest absolute Gasteiger partial charge is 0.492 e. The van der Waals surface area contributed by atoms with Crippen LogP contribution >= 0.6 is 15.9 Å². The van der Waals surface area contributed by atoms with E-state index in [2.05, 4.69) is 29.8 Å². The van der Waals surface area contributed by atoms with E-state index in [9.17, 15) is 4.79 Å². The number of carbonyl (C=O) groups is 1. The summed E-state index contributed by atoms with van der Waals surface area (Å²) in [5.74, 6) is 0.221. The maximum Gasteiger partial charge on any atom is 0.312 e. The summed E-state index contributed by atoms with van der Waals surface area (Å²) >= 11 is 3.43. The Morgan fingerprint density at radius 1 is 1.44 bits per heavy atom. The third-order valence-corrected chi connectivity index (χ3v) is 3.25. The summed E-state index contributed by atoms with van der Waals surface area (Å²) in [4.78, 5) is 11.0. The van der Waals surface area contributed by atoms with Crippen LogP contribution in [0.15, 0.2) is 22.7 Å². The van der Waals surface area contributed by atoms with E-state index in [0.29, 0.717) is 5.92 Å². The van der Waals surface area contributed by atoms with Crippen molar-refractivity contribution >= 4 is 21.9 Å². The third-order valence-electron chi connectivity index (χ3n) is 2.76. The molecule has 0 aromatic heterocycles. The molecule has 4 heteroatoms. The predicted molar refractivity (Wildman–Crippen MR) is 75.1 cm³/mol. The molecule has 0 amide bonds. The molecule has 0 radical (unpaired) electrons. The fourth-order valence-electron chi connectivity index (χ4n) is 1.42. The first-order valence-electron chi connectivity index (χ1n) is 5.89. The van der Waals surface area contributed by atoms with Gasteiger partial charge in [0, 0.05) is 4.47 Å². The van der Waals surface area contributed by atoms with Crippen LogP contribution < -0.4 is 4.74 Å². The quantitative estimate of drug-likeness (QED) is 0.891. The first kappa shape index (κ1) is 15.0. The molecule has 0 unspecified atom stereocenters. The Labute approximate surface area is 116 Å². The fraction of sp³-hybridized carbons (Fsp3) is 0.500. The van der Waals surface area contributed by atoms with Crippen molar-refractivity contribution in [2.24, 2.45) is 5.41 Å². The molecular weight excluding hydrogens is 296 g/mol. The van der Waals surface area contributed by atoms with Crippen LogP contribution in [0.3, 0.4) is 0 Å². The molecule has 1 aromatic rings. The van der Waals surface area contributed by atoms with Gasteiger partial charge < -0.3 is 9.84 Å². The summed E-state index contributed by atoms with van der Waals surface area (Å²) in [5.41, 5.74) is 0.187. The van der Waals surface area contributed by atoms with Crippen LogP contribution in [-0.4, -0.2) is 17.7 Å². The second-order valence-electron chi connectivity index (χ2n) is 5.31. The molecule has 1 aromatic carbocycles. The first-order valence-corrected chi connectivity index (χ1v) is 6.69. The van der Waals surface area contributed by atoms with Crippen LogP contribution in [0.5, 0.6) is 5.75 Å². The van der Waals surface area contributed by atoms with Gasteiger partial charge >= 0.3 is 5.97 Å². The standard InChI is InChI=1S/C14H19BrO3/c1-9(2)11-7-10(15)5-6-12(11)18-8-14(3,4)13(16)17/h5-7,9H,8H2,1-4H3,(H,16,17). The van der Waals surface area contributed by atoms with Gasteiger partial charge in [0.05, 0.1) is 5.41 Å². The van der Waals surface area contributed by atoms with Crippen molar-refractivity contribution < 1.29 is 14.6 Å². The van der Waals surface area contributed by atoms with Crippen LogP contribution in [-0.2, 0) is 4.79 Å². The van der Waals surface area contributed by atoms with Crippen molar-refractivity contribution in [1.29, 1.82) is 0 Å². The molecule has 0 bridgehead atoms. The van der Waals surface area contributed by atoms with Gasteiger partial charge in [-0.3, -0.25) is 4.79 Å². The van der Waals surface area contributed by atoms with Crippen molar-refractivity contribution in [3.63, 3.8) is 0 Å². The molecule has 0 heterocycles. The molecule has 0 saturated heterocycles. The number of carboxylic acid groups (broad SMARTS) is 1. The number of benzene rings is 1. The normalized spacial score (nSPS) is 11.7. The summed E-state index contributed by atoms with van der Waals surface area (Å²) in [6.45, 7) is 7.63. The van der Waals surface area contributed by atoms with Gasteiger partial charge in [-0.05, 0) is 43.5 Å². The van der Waals surface area contributed by atoms with E-state index in [1.165, 1.54) is 0 Å². The van der Waals surface area contributed by atoms with Crippen LogP contribution in [0.2, 0.25) is 0 Å². The zero-order valence-electron chi connectivity index (χ0n) is 11.2. The lowest BCUT2D eigenvalue weighted by Gasteiger charge is -2.21. The monoisotopic (exact) mass is 314 g/mol. The van der Waals surface area contributed by atoms with Gasteiger partial charge in [-0.1, -0.05) is 29.8 Å². The van der Waals surface area contributed by atoms with Gasteiger partial charge in [0.2, 0.25) is 0 Å². The van der Waals surface area contributed by atoms with Crippen molar-refractivity contribution in [1.82, 2.24) is 0 Å². The lowest BCUT2D eigenvalue weighted by atomic mass is 9.95. The minimum Gasteiger partial charge on any atom is -0.492 e. The summed E-state index contributed by atoms with van der Waals surface area (Å²) in [6.07, 6.45) is 0. The molecule has 100 valence electrons. The Hall–Kier alpha value is -1.03. The van der Waals surface area contributed by atoms with Crippen molar-refractivity contribution in [3.05, 3.63) is 28.2 Å². The van der Waals surface area contributed by atoms with Gasteiger partial charge in [-0.15, -0.1) is 0 Å². The summed E-state index contributed by atoms with van der Waals surface area (Å²) in [7, 11) is 0. The molecule has 0 spiro atoms. The second-order valence-corrected chi connectivity index (χ2v) is 6.23. The molecule has 0 aliphatic carbocycles. The molecule has 0 aliphatic rings. The topological polar surface area (TPSA) is 46.5 Å². The molecule has 0 atom stereocenters. The first-order chi connectivity index (χ1) is 8.24. The maximum atomic E-state index is 11.0. The van der Waals surface area contributed by atoms with E-state index >= 15 is 0 Å². The van der Waals surface area contributed by atoms with E-state index in [4.69, 9.17) is 9.84 Å². The Kier molecular flexibility index (Phi) is 4.79. The molecule has 1 N–H and O–H groups in total. The molecule has 0 fully saturated rings. The SMILES string of the molecule is CC(C)c1cc(Br)ccc1OCC(C)(C)C(=O)O. The van der Waals surface area contributed by atoms with Crippen LogP contribution in [0, 0.1) is 5.41 Å². The van der Waals surface area contributed by atoms with Crippen LogP contribution in [0.4, 0.5) is 0 Å². The minimum atomic E-state index is -0.888. The number of carboxylic acids is 1. The number of ether oxygens (including phenoxy) is 1. The van der Waals surface area contributed by atoms with Crippen molar-refractivity contribution in [2.45, 2.75) is 33.6 Å². The molecule has 0 saturated carbocycles. The highest BCUT2D eigenvalue weighted by Crippen LogP contribution is 2.30. The number of hydrogen-bond acceptors (Lipinski definition) is 2. The van der Waals surface area contributed by atoms with Gasteiger partial charge in [-0.2, -0.15) is 0 Å². The van der Waals surface area contributed by atoms with E-state index in [1.807, 2.05) is 18.2 Å². The summed E-state index contributed by atoms with van der Waals surface area (Å²) in [5, 5.41) is 9.05. The van der Waals surface area contributed by atoms with Gasteiger partial charge in [-0.25, -0.2) is 0 Å². The number of hydrogen-bond donors (Lipinski definition) is 1. The molecule has 0 aliphatic heterocycles. The Morgan fingerprint density at radius 2 is 2.06 bits per heavy atom. The second kappa shape index (κ2) is 5.74. The van der Waals surface area contributed by atoms with Crippen molar-refractivity contribution in [3.8, 4) is 5.75 Å². The highest BCUT2D eigenvalue weighted by Gasteiger charge is 2.28. The predicted octanol–water partition coefficient (Wildman–Crippen LogP) is 4.06. The zero-order chi connectivity index (χ0) is 13.9. The minimum absolute atomic E-state index is 0.156. The average Bonchev–Trinajstić information content (AvgIpc) is 2.27.